The van der Waals surface area contributed by atoms with Crippen LogP contribution in [-0.2, 0) is 22.6 Å². The van der Waals surface area contributed by atoms with E-state index in [1.165, 1.54) is 46.0 Å². The zero-order chi connectivity index (χ0) is 32.9. The molecule has 3 heterocycles. The summed E-state index contributed by atoms with van der Waals surface area (Å²) in [4.78, 5) is 43.1. The van der Waals surface area contributed by atoms with E-state index in [2.05, 4.69) is 10.00 Å². The molecule has 5 aromatic rings. The maximum Gasteiger partial charge on any atom is 0.294 e. The summed E-state index contributed by atoms with van der Waals surface area (Å²) >= 11 is 0. The summed E-state index contributed by atoms with van der Waals surface area (Å²) in [5.74, 6) is -3.34. The van der Waals surface area contributed by atoms with Crippen molar-refractivity contribution in [3.63, 3.8) is 0 Å². The Labute approximate surface area is 269 Å². The zero-order valence-corrected chi connectivity index (χ0v) is 25.3. The first kappa shape index (κ1) is 31.2. The Morgan fingerprint density at radius 3 is 2.23 bits per heavy atom. The van der Waals surface area contributed by atoms with Gasteiger partial charge in [0, 0.05) is 62.1 Å². The number of carbonyl (C=O) groups is 2. The number of ketones is 1. The second-order valence-corrected chi connectivity index (χ2v) is 11.2. The van der Waals surface area contributed by atoms with Gasteiger partial charge in [0.15, 0.2) is 0 Å². The highest BCUT2D eigenvalue weighted by Gasteiger charge is 2.26. The molecule has 1 aliphatic heterocycles. The first-order valence-electron chi connectivity index (χ1n) is 15.1. The third-order valence-electron chi connectivity index (χ3n) is 8.07. The van der Waals surface area contributed by atoms with Gasteiger partial charge in [-0.1, -0.05) is 30.3 Å². The fourth-order valence-corrected chi connectivity index (χ4v) is 5.57. The lowest BCUT2D eigenvalue weighted by Gasteiger charge is -2.35. The second-order valence-electron chi connectivity index (χ2n) is 11.2. The first-order chi connectivity index (χ1) is 22.7. The number of hydrogen-bond acceptors (Lipinski definition) is 6. The molecule has 0 unspecified atom stereocenters. The minimum absolute atomic E-state index is 0.133. The number of hydrogen-bond donors (Lipinski definition) is 1. The van der Waals surface area contributed by atoms with E-state index < -0.39 is 34.6 Å². The number of halogens is 2. The maximum atomic E-state index is 14.5. The highest BCUT2D eigenvalue weighted by atomic mass is 19.1. The standard InChI is InChI=1S/C36H31F2N5O4/c37-28-8-6-25(7-9-28)20-26-21-31(35(46)42(23-26)24-27-4-1-2-5-32(27)38)33(44)22-34(45)36(47)41-18-16-40(17-19-41)29-10-12-30(13-11-29)43-15-3-14-39-43/h1-15,21-23,44H,16-20,24H2/b33-22+. The first-order valence-corrected chi connectivity index (χ1v) is 15.1. The number of aliphatic hydroxyl groups excluding tert-OH is 1. The normalized spacial score (nSPS) is 13.5. The van der Waals surface area contributed by atoms with E-state index in [0.717, 1.165) is 23.0 Å². The molecule has 1 fully saturated rings. The van der Waals surface area contributed by atoms with Crippen LogP contribution in [0.2, 0.25) is 0 Å². The molecule has 9 nitrogen and oxygen atoms in total. The molecule has 0 spiro atoms. The predicted molar refractivity (Wildman–Crippen MR) is 173 cm³/mol. The molecule has 1 saturated heterocycles. The van der Waals surface area contributed by atoms with Gasteiger partial charge in [0.2, 0.25) is 5.78 Å². The number of aromatic nitrogens is 3. The molecule has 2 aromatic heterocycles. The van der Waals surface area contributed by atoms with E-state index in [1.807, 2.05) is 36.5 Å². The third kappa shape index (κ3) is 7.19. The second kappa shape index (κ2) is 13.7. The van der Waals surface area contributed by atoms with Crippen molar-refractivity contribution in [3.05, 3.63) is 154 Å². The van der Waals surface area contributed by atoms with Crippen LogP contribution in [0, 0.1) is 11.6 Å². The third-order valence-corrected chi connectivity index (χ3v) is 8.07. The molecule has 1 N–H and O–H groups in total. The fraction of sp³-hybridized carbons (Fsp3) is 0.167. The van der Waals surface area contributed by atoms with E-state index in [0.29, 0.717) is 31.7 Å². The van der Waals surface area contributed by atoms with Crippen LogP contribution in [0.15, 0.2) is 114 Å². The number of aliphatic hydroxyl groups is 1. The van der Waals surface area contributed by atoms with Crippen LogP contribution in [0.3, 0.4) is 0 Å². The van der Waals surface area contributed by atoms with Gasteiger partial charge in [-0.15, -0.1) is 0 Å². The summed E-state index contributed by atoms with van der Waals surface area (Å²) in [6, 6.07) is 22.9. The molecule has 1 amide bonds. The molecule has 11 heteroatoms. The van der Waals surface area contributed by atoms with Crippen LogP contribution < -0.4 is 10.5 Å². The fourth-order valence-electron chi connectivity index (χ4n) is 5.57. The Hall–Kier alpha value is -5.84. The van der Waals surface area contributed by atoms with Crippen LogP contribution in [0.25, 0.3) is 11.4 Å². The number of pyridine rings is 1. The molecule has 238 valence electrons. The van der Waals surface area contributed by atoms with Crippen LogP contribution in [0.5, 0.6) is 0 Å². The number of amides is 1. The molecule has 47 heavy (non-hydrogen) atoms. The van der Waals surface area contributed by atoms with E-state index in [-0.39, 0.29) is 24.1 Å². The molecule has 0 radical (unpaired) electrons. The monoisotopic (exact) mass is 635 g/mol. The summed E-state index contributed by atoms with van der Waals surface area (Å²) in [5.41, 5.74) is 2.55. The number of anilines is 1. The molecule has 3 aromatic carbocycles. The Morgan fingerprint density at radius 2 is 1.55 bits per heavy atom. The minimum atomic E-state index is -0.969. The average Bonchev–Trinajstić information content (AvgIpc) is 3.63. The lowest BCUT2D eigenvalue weighted by atomic mass is 10.0. The van der Waals surface area contributed by atoms with Gasteiger partial charge >= 0.3 is 0 Å². The van der Waals surface area contributed by atoms with Crippen molar-refractivity contribution >= 4 is 23.1 Å². The number of carbonyl (C=O) groups excluding carboxylic acids is 2. The molecular weight excluding hydrogens is 604 g/mol. The molecular formula is C36H31F2N5O4. The maximum absolute atomic E-state index is 14.5. The van der Waals surface area contributed by atoms with Gasteiger partial charge in [0.25, 0.3) is 11.5 Å². The van der Waals surface area contributed by atoms with E-state index >= 15 is 0 Å². The van der Waals surface area contributed by atoms with Gasteiger partial charge in [-0.25, -0.2) is 13.5 Å². The zero-order valence-electron chi connectivity index (χ0n) is 25.3. The molecule has 0 aliphatic carbocycles. The van der Waals surface area contributed by atoms with Gasteiger partial charge in [0.05, 0.1) is 17.8 Å². The Balaban J connectivity index is 1.18. The van der Waals surface area contributed by atoms with Gasteiger partial charge in [-0.05, 0) is 72.1 Å². The highest BCUT2D eigenvalue weighted by Crippen LogP contribution is 2.20. The summed E-state index contributed by atoms with van der Waals surface area (Å²) in [6.07, 6.45) is 6.12. The van der Waals surface area contributed by atoms with E-state index in [9.17, 15) is 28.3 Å². The highest BCUT2D eigenvalue weighted by molar-refractivity contribution is 6.41. The Morgan fingerprint density at radius 1 is 0.851 bits per heavy atom. The van der Waals surface area contributed by atoms with Gasteiger partial charge < -0.3 is 19.5 Å². The predicted octanol–water partition coefficient (Wildman–Crippen LogP) is 4.77. The van der Waals surface area contributed by atoms with Crippen molar-refractivity contribution < 1.29 is 23.5 Å². The van der Waals surface area contributed by atoms with Crippen molar-refractivity contribution in [2.24, 2.45) is 0 Å². The van der Waals surface area contributed by atoms with Crippen molar-refractivity contribution in [2.45, 2.75) is 13.0 Å². The van der Waals surface area contributed by atoms with E-state index in [4.69, 9.17) is 0 Å². The summed E-state index contributed by atoms with van der Waals surface area (Å²) < 4.78 is 31.0. The van der Waals surface area contributed by atoms with Crippen molar-refractivity contribution in [3.8, 4) is 5.69 Å². The summed E-state index contributed by atoms with van der Waals surface area (Å²) in [5, 5.41) is 15.2. The number of rotatable bonds is 9. The lowest BCUT2D eigenvalue weighted by Crippen LogP contribution is -2.50. The number of benzene rings is 3. The topological polar surface area (TPSA) is 101 Å². The van der Waals surface area contributed by atoms with Crippen molar-refractivity contribution in [1.29, 1.82) is 0 Å². The van der Waals surface area contributed by atoms with Gasteiger partial charge in [0.1, 0.15) is 17.4 Å². The average molecular weight is 636 g/mol. The number of piperazine rings is 1. The molecule has 0 bridgehead atoms. The van der Waals surface area contributed by atoms with Crippen LogP contribution >= 0.6 is 0 Å². The molecule has 1 aliphatic rings. The summed E-state index contributed by atoms with van der Waals surface area (Å²) in [6.45, 7) is 1.46. The Bertz CT molecular complexity index is 1980. The van der Waals surface area contributed by atoms with Crippen LogP contribution in [0.1, 0.15) is 22.3 Å². The van der Waals surface area contributed by atoms with Crippen molar-refractivity contribution in [1.82, 2.24) is 19.2 Å². The molecule has 6 rings (SSSR count). The Kier molecular flexibility index (Phi) is 9.05. The van der Waals surface area contributed by atoms with Crippen molar-refractivity contribution in [2.75, 3.05) is 31.1 Å². The SMILES string of the molecule is O=C(/C=C(/O)c1cc(Cc2ccc(F)cc2)cn(Cc2ccccc2F)c1=O)C(=O)N1CCN(c2ccc(-n3cccn3)cc2)CC1. The smallest absolute Gasteiger partial charge is 0.294 e. The lowest BCUT2D eigenvalue weighted by molar-refractivity contribution is -0.142. The van der Waals surface area contributed by atoms with Crippen LogP contribution in [0.4, 0.5) is 14.5 Å². The molecule has 0 saturated carbocycles. The van der Waals surface area contributed by atoms with Gasteiger partial charge in [-0.2, -0.15) is 5.10 Å². The van der Waals surface area contributed by atoms with Crippen LogP contribution in [-0.4, -0.2) is 62.2 Å². The molecule has 0 atom stereocenters. The number of nitrogens with zero attached hydrogens (tertiary/aromatic N) is 5. The largest absolute Gasteiger partial charge is 0.507 e. The van der Waals surface area contributed by atoms with E-state index in [1.54, 1.807) is 35.1 Å². The summed E-state index contributed by atoms with van der Waals surface area (Å²) in [7, 11) is 0. The minimum Gasteiger partial charge on any atom is -0.507 e. The van der Waals surface area contributed by atoms with Gasteiger partial charge in [-0.3, -0.25) is 14.4 Å². The quantitative estimate of drug-likeness (QED) is 0.142.